The van der Waals surface area contributed by atoms with Crippen LogP contribution in [0.3, 0.4) is 0 Å². The number of aliphatic imine (C=N–C) groups is 1. The number of nitrogens with one attached hydrogen (secondary N) is 2. The van der Waals surface area contributed by atoms with E-state index in [0.717, 1.165) is 45.2 Å². The second-order valence-electron chi connectivity index (χ2n) is 7.19. The van der Waals surface area contributed by atoms with E-state index in [2.05, 4.69) is 36.3 Å². The molecule has 6 nitrogen and oxygen atoms in total. The maximum absolute atomic E-state index is 5.59. The predicted molar refractivity (Wildman–Crippen MR) is 125 cm³/mol. The second-order valence-corrected chi connectivity index (χ2v) is 7.19. The molecule has 7 heteroatoms. The van der Waals surface area contributed by atoms with Crippen molar-refractivity contribution in [2.45, 2.75) is 52.9 Å². The van der Waals surface area contributed by atoms with Crippen LogP contribution in [0.1, 0.15) is 52.9 Å². The van der Waals surface area contributed by atoms with Gasteiger partial charge in [-0.25, -0.2) is 0 Å². The van der Waals surface area contributed by atoms with Crippen LogP contribution in [0.5, 0.6) is 0 Å². The van der Waals surface area contributed by atoms with Gasteiger partial charge in [0.2, 0.25) is 0 Å². The van der Waals surface area contributed by atoms with Gasteiger partial charge in [-0.2, -0.15) is 0 Å². The number of ether oxygens (including phenoxy) is 2. The quantitative estimate of drug-likeness (QED) is 0.167. The summed E-state index contributed by atoms with van der Waals surface area (Å²) in [7, 11) is 0. The van der Waals surface area contributed by atoms with Gasteiger partial charge < -0.3 is 25.0 Å². The van der Waals surface area contributed by atoms with Crippen LogP contribution in [-0.4, -0.2) is 76.6 Å². The summed E-state index contributed by atoms with van der Waals surface area (Å²) >= 11 is 0. The van der Waals surface area contributed by atoms with E-state index in [1.165, 1.54) is 38.8 Å². The predicted octanol–water partition coefficient (Wildman–Crippen LogP) is 3.11. The molecule has 0 aliphatic carbocycles. The fourth-order valence-corrected chi connectivity index (χ4v) is 3.04. The summed E-state index contributed by atoms with van der Waals surface area (Å²) in [6, 6.07) is 0. The van der Waals surface area contributed by atoms with Crippen LogP contribution in [0.2, 0.25) is 0 Å². The van der Waals surface area contributed by atoms with Crippen LogP contribution in [0.4, 0.5) is 0 Å². The lowest BCUT2D eigenvalue weighted by Crippen LogP contribution is -2.40. The number of likely N-dealkylation sites (tertiary alicyclic amines) is 1. The van der Waals surface area contributed by atoms with Gasteiger partial charge in [0.15, 0.2) is 5.96 Å². The Hall–Kier alpha value is -0.120. The number of halogens is 1. The number of nitrogens with zero attached hydrogens (tertiary/aromatic N) is 2. The second kappa shape index (κ2) is 19.2. The van der Waals surface area contributed by atoms with Gasteiger partial charge in [-0.3, -0.25) is 4.99 Å². The lowest BCUT2D eigenvalue weighted by molar-refractivity contribution is 0.0487. The Morgan fingerprint density at radius 2 is 1.70 bits per heavy atom. The molecule has 2 N–H and O–H groups in total. The molecule has 0 saturated carbocycles. The molecule has 1 atom stereocenters. The first kappa shape index (κ1) is 26.9. The summed E-state index contributed by atoms with van der Waals surface area (Å²) in [5, 5.41) is 6.66. The average Bonchev–Trinajstić information content (AvgIpc) is 2.65. The van der Waals surface area contributed by atoms with E-state index in [1.807, 2.05) is 0 Å². The molecule has 0 bridgehead atoms. The van der Waals surface area contributed by atoms with Crippen LogP contribution < -0.4 is 10.6 Å². The molecular formula is C20H43IN4O2. The largest absolute Gasteiger partial charge is 0.379 e. The molecule has 1 unspecified atom stereocenters. The SMILES string of the molecule is CCCCOCCOCCNC(=NCC(C)CN1CCCCC1)NCC.I. The number of unbranched alkanes of at least 4 members (excludes halogenated alkanes) is 1. The summed E-state index contributed by atoms with van der Waals surface area (Å²) in [4.78, 5) is 7.32. The normalized spacial score (nSPS) is 16.6. The van der Waals surface area contributed by atoms with Crippen molar-refractivity contribution in [1.29, 1.82) is 0 Å². The molecule has 162 valence electrons. The number of hydrogen-bond donors (Lipinski definition) is 2. The summed E-state index contributed by atoms with van der Waals surface area (Å²) in [6.45, 7) is 15.6. The summed E-state index contributed by atoms with van der Waals surface area (Å²) in [6.07, 6.45) is 6.40. The Balaban J connectivity index is 0.00000676. The summed E-state index contributed by atoms with van der Waals surface area (Å²) in [5.41, 5.74) is 0. The fourth-order valence-electron chi connectivity index (χ4n) is 3.04. The highest BCUT2D eigenvalue weighted by Gasteiger charge is 2.13. The maximum atomic E-state index is 5.59. The van der Waals surface area contributed by atoms with Crippen LogP contribution >= 0.6 is 24.0 Å². The van der Waals surface area contributed by atoms with E-state index in [4.69, 9.17) is 14.5 Å². The average molecular weight is 498 g/mol. The van der Waals surface area contributed by atoms with Crippen molar-refractivity contribution in [2.24, 2.45) is 10.9 Å². The zero-order chi connectivity index (χ0) is 18.9. The molecule has 0 aromatic rings. The Bertz CT molecular complexity index is 353. The molecule has 0 spiro atoms. The van der Waals surface area contributed by atoms with Gasteiger partial charge in [0.25, 0.3) is 0 Å². The molecule has 1 saturated heterocycles. The number of piperidine rings is 1. The van der Waals surface area contributed by atoms with Crippen LogP contribution in [0.25, 0.3) is 0 Å². The third-order valence-electron chi connectivity index (χ3n) is 4.48. The molecule has 1 fully saturated rings. The van der Waals surface area contributed by atoms with Crippen molar-refractivity contribution in [1.82, 2.24) is 15.5 Å². The van der Waals surface area contributed by atoms with E-state index >= 15 is 0 Å². The van der Waals surface area contributed by atoms with E-state index < -0.39 is 0 Å². The van der Waals surface area contributed by atoms with E-state index in [-0.39, 0.29) is 24.0 Å². The van der Waals surface area contributed by atoms with Gasteiger partial charge >= 0.3 is 0 Å². The molecule has 1 aliphatic heterocycles. The maximum Gasteiger partial charge on any atom is 0.191 e. The van der Waals surface area contributed by atoms with Gasteiger partial charge in [-0.1, -0.05) is 26.7 Å². The Labute approximate surface area is 184 Å². The van der Waals surface area contributed by atoms with Crippen molar-refractivity contribution in [3.8, 4) is 0 Å². The monoisotopic (exact) mass is 498 g/mol. The Morgan fingerprint density at radius 1 is 1.00 bits per heavy atom. The molecule has 0 aromatic carbocycles. The molecular weight excluding hydrogens is 455 g/mol. The molecule has 27 heavy (non-hydrogen) atoms. The Kier molecular flexibility index (Phi) is 19.1. The molecule has 1 heterocycles. The van der Waals surface area contributed by atoms with Gasteiger partial charge in [-0.15, -0.1) is 24.0 Å². The van der Waals surface area contributed by atoms with Gasteiger partial charge in [-0.05, 0) is 45.2 Å². The first-order chi connectivity index (χ1) is 12.8. The zero-order valence-electron chi connectivity index (χ0n) is 17.8. The molecule has 1 aliphatic rings. The van der Waals surface area contributed by atoms with Crippen molar-refractivity contribution < 1.29 is 9.47 Å². The standard InChI is InChI=1S/C20H42N4O2.HI/c1-4-6-13-25-15-16-26-14-10-22-20(21-5-2)23-17-19(3)18-24-11-8-7-9-12-24;/h19H,4-18H2,1-3H3,(H2,21,22,23);1H. The zero-order valence-corrected chi connectivity index (χ0v) is 20.1. The molecule has 0 amide bonds. The first-order valence-corrected chi connectivity index (χ1v) is 10.7. The molecule has 0 radical (unpaired) electrons. The number of rotatable bonds is 14. The highest BCUT2D eigenvalue weighted by molar-refractivity contribution is 14.0. The number of guanidine groups is 1. The van der Waals surface area contributed by atoms with E-state index in [9.17, 15) is 0 Å². The first-order valence-electron chi connectivity index (χ1n) is 10.7. The fraction of sp³-hybridized carbons (Fsp3) is 0.950. The van der Waals surface area contributed by atoms with Crippen molar-refractivity contribution in [3.05, 3.63) is 0 Å². The van der Waals surface area contributed by atoms with Crippen molar-refractivity contribution in [3.63, 3.8) is 0 Å². The van der Waals surface area contributed by atoms with E-state index in [1.54, 1.807) is 0 Å². The van der Waals surface area contributed by atoms with Gasteiger partial charge in [0, 0.05) is 32.8 Å². The highest BCUT2D eigenvalue weighted by atomic mass is 127. The minimum absolute atomic E-state index is 0. The van der Waals surface area contributed by atoms with Gasteiger partial charge in [0.1, 0.15) is 0 Å². The minimum Gasteiger partial charge on any atom is -0.379 e. The van der Waals surface area contributed by atoms with Crippen LogP contribution in [0, 0.1) is 5.92 Å². The lowest BCUT2D eigenvalue weighted by Gasteiger charge is -2.28. The lowest BCUT2D eigenvalue weighted by atomic mass is 10.1. The third kappa shape index (κ3) is 15.5. The van der Waals surface area contributed by atoms with Gasteiger partial charge in [0.05, 0.1) is 19.8 Å². The number of hydrogen-bond acceptors (Lipinski definition) is 4. The highest BCUT2D eigenvalue weighted by Crippen LogP contribution is 2.11. The summed E-state index contributed by atoms with van der Waals surface area (Å²) < 4.78 is 11.1. The topological polar surface area (TPSA) is 58.1 Å². The molecule has 1 rings (SSSR count). The van der Waals surface area contributed by atoms with Crippen molar-refractivity contribution >= 4 is 29.9 Å². The minimum atomic E-state index is 0. The molecule has 0 aromatic heterocycles. The van der Waals surface area contributed by atoms with Crippen LogP contribution in [0.15, 0.2) is 4.99 Å². The summed E-state index contributed by atoms with van der Waals surface area (Å²) in [5.74, 6) is 1.47. The third-order valence-corrected chi connectivity index (χ3v) is 4.48. The van der Waals surface area contributed by atoms with Crippen molar-refractivity contribution in [2.75, 3.05) is 65.7 Å². The van der Waals surface area contributed by atoms with E-state index in [0.29, 0.717) is 25.7 Å². The van der Waals surface area contributed by atoms with Crippen LogP contribution in [-0.2, 0) is 9.47 Å². The smallest absolute Gasteiger partial charge is 0.191 e. The Morgan fingerprint density at radius 3 is 2.37 bits per heavy atom.